The fourth-order valence-electron chi connectivity index (χ4n) is 3.02. The number of alkyl halides is 2. The summed E-state index contributed by atoms with van der Waals surface area (Å²) >= 11 is 0. The van der Waals surface area contributed by atoms with Crippen LogP contribution in [0.2, 0.25) is 0 Å². The SMILES string of the molecule is CN(Cc1ccc(OC(F)F)cc1)S(=O)(=O)c1ccc(N2CCCC2=O)cc1. The first-order valence-corrected chi connectivity index (χ1v) is 10.1. The van der Waals surface area contributed by atoms with Gasteiger partial charge in [-0.2, -0.15) is 13.1 Å². The zero-order valence-electron chi connectivity index (χ0n) is 15.2. The molecule has 1 heterocycles. The molecule has 1 aliphatic heterocycles. The summed E-state index contributed by atoms with van der Waals surface area (Å²) in [5.41, 5.74) is 1.31. The molecule has 0 saturated carbocycles. The van der Waals surface area contributed by atoms with Crippen LogP contribution in [0.5, 0.6) is 5.75 Å². The Kier molecular flexibility index (Phi) is 5.95. The number of rotatable bonds is 7. The van der Waals surface area contributed by atoms with Gasteiger partial charge in [0, 0.05) is 32.2 Å². The molecule has 1 fully saturated rings. The summed E-state index contributed by atoms with van der Waals surface area (Å²) in [7, 11) is -2.30. The third-order valence-corrected chi connectivity index (χ3v) is 6.30. The average molecular weight is 410 g/mol. The number of halogens is 2. The monoisotopic (exact) mass is 410 g/mol. The molecule has 0 aliphatic carbocycles. The Morgan fingerprint density at radius 3 is 2.29 bits per heavy atom. The normalized spacial score (nSPS) is 14.9. The maximum atomic E-state index is 12.8. The first-order chi connectivity index (χ1) is 13.3. The number of sulfonamides is 1. The van der Waals surface area contributed by atoms with E-state index in [1.165, 1.54) is 47.8 Å². The number of anilines is 1. The topological polar surface area (TPSA) is 66.9 Å². The maximum Gasteiger partial charge on any atom is 0.387 e. The molecule has 0 spiro atoms. The third-order valence-electron chi connectivity index (χ3n) is 4.48. The van der Waals surface area contributed by atoms with E-state index < -0.39 is 16.6 Å². The molecular formula is C19H20F2N2O4S. The number of carbonyl (C=O) groups is 1. The highest BCUT2D eigenvalue weighted by atomic mass is 32.2. The van der Waals surface area contributed by atoms with E-state index in [9.17, 15) is 22.0 Å². The molecule has 9 heteroatoms. The van der Waals surface area contributed by atoms with E-state index in [1.807, 2.05) is 0 Å². The van der Waals surface area contributed by atoms with E-state index in [0.29, 0.717) is 24.2 Å². The van der Waals surface area contributed by atoms with Crippen molar-refractivity contribution in [2.24, 2.45) is 0 Å². The number of amides is 1. The van der Waals surface area contributed by atoms with Crippen LogP contribution in [0.3, 0.4) is 0 Å². The lowest BCUT2D eigenvalue weighted by atomic mass is 10.2. The smallest absolute Gasteiger partial charge is 0.387 e. The largest absolute Gasteiger partial charge is 0.435 e. The summed E-state index contributed by atoms with van der Waals surface area (Å²) in [4.78, 5) is 13.6. The summed E-state index contributed by atoms with van der Waals surface area (Å²) in [6, 6.07) is 12.0. The highest BCUT2D eigenvalue weighted by molar-refractivity contribution is 7.89. The second-order valence-corrected chi connectivity index (χ2v) is 8.47. The van der Waals surface area contributed by atoms with E-state index >= 15 is 0 Å². The van der Waals surface area contributed by atoms with Gasteiger partial charge in [0.1, 0.15) is 5.75 Å². The van der Waals surface area contributed by atoms with Gasteiger partial charge in [0.05, 0.1) is 4.90 Å². The molecule has 0 unspecified atom stereocenters. The summed E-state index contributed by atoms with van der Waals surface area (Å²) < 4.78 is 55.4. The maximum absolute atomic E-state index is 12.8. The van der Waals surface area contributed by atoms with Crippen LogP contribution in [0.1, 0.15) is 18.4 Å². The van der Waals surface area contributed by atoms with Gasteiger partial charge in [-0.25, -0.2) is 8.42 Å². The highest BCUT2D eigenvalue weighted by Crippen LogP contribution is 2.25. The molecule has 3 rings (SSSR count). The lowest BCUT2D eigenvalue weighted by Crippen LogP contribution is -2.27. The summed E-state index contributed by atoms with van der Waals surface area (Å²) in [6.45, 7) is -2.20. The first kappa shape index (κ1) is 20.2. The number of ether oxygens (including phenoxy) is 1. The zero-order valence-corrected chi connectivity index (χ0v) is 16.0. The van der Waals surface area contributed by atoms with E-state index in [4.69, 9.17) is 0 Å². The van der Waals surface area contributed by atoms with E-state index in [1.54, 1.807) is 17.0 Å². The second-order valence-electron chi connectivity index (χ2n) is 6.43. The molecule has 0 bridgehead atoms. The molecule has 28 heavy (non-hydrogen) atoms. The Morgan fingerprint density at radius 1 is 1.11 bits per heavy atom. The summed E-state index contributed by atoms with van der Waals surface area (Å²) in [5.74, 6) is 0.0447. The van der Waals surface area contributed by atoms with E-state index in [0.717, 1.165) is 6.42 Å². The summed E-state index contributed by atoms with van der Waals surface area (Å²) in [5, 5.41) is 0. The fourth-order valence-corrected chi connectivity index (χ4v) is 4.18. The van der Waals surface area contributed by atoms with Gasteiger partial charge in [-0.3, -0.25) is 4.79 Å². The molecule has 0 atom stereocenters. The van der Waals surface area contributed by atoms with Crippen molar-refractivity contribution in [1.82, 2.24) is 4.31 Å². The van der Waals surface area contributed by atoms with Crippen molar-refractivity contribution in [2.75, 3.05) is 18.5 Å². The Bertz CT molecular complexity index is 931. The molecule has 150 valence electrons. The second kappa shape index (κ2) is 8.24. The molecule has 1 saturated heterocycles. The molecule has 0 N–H and O–H groups in total. The van der Waals surface area contributed by atoms with Gasteiger partial charge in [-0.15, -0.1) is 0 Å². The lowest BCUT2D eigenvalue weighted by Gasteiger charge is -2.19. The van der Waals surface area contributed by atoms with Gasteiger partial charge < -0.3 is 9.64 Å². The van der Waals surface area contributed by atoms with Crippen LogP contribution < -0.4 is 9.64 Å². The number of hydrogen-bond acceptors (Lipinski definition) is 4. The molecule has 1 amide bonds. The number of benzene rings is 2. The van der Waals surface area contributed by atoms with Crippen LogP contribution in [0.4, 0.5) is 14.5 Å². The van der Waals surface area contributed by atoms with Crippen molar-refractivity contribution < 1.29 is 26.7 Å². The van der Waals surface area contributed by atoms with Gasteiger partial charge in [0.15, 0.2) is 0 Å². The number of carbonyl (C=O) groups excluding carboxylic acids is 1. The number of hydrogen-bond donors (Lipinski definition) is 0. The predicted molar refractivity (Wildman–Crippen MR) is 99.8 cm³/mol. The van der Waals surface area contributed by atoms with E-state index in [2.05, 4.69) is 4.74 Å². The van der Waals surface area contributed by atoms with Crippen LogP contribution in [-0.2, 0) is 21.4 Å². The fraction of sp³-hybridized carbons (Fsp3) is 0.316. The zero-order chi connectivity index (χ0) is 20.3. The van der Waals surface area contributed by atoms with Crippen LogP contribution >= 0.6 is 0 Å². The van der Waals surface area contributed by atoms with Gasteiger partial charge in [0.25, 0.3) is 0 Å². The van der Waals surface area contributed by atoms with Gasteiger partial charge in [-0.05, 0) is 48.4 Å². The van der Waals surface area contributed by atoms with Crippen molar-refractivity contribution in [2.45, 2.75) is 30.9 Å². The van der Waals surface area contributed by atoms with Gasteiger partial charge in [-0.1, -0.05) is 12.1 Å². The standard InChI is InChI=1S/C19H20F2N2O4S/c1-22(13-14-4-8-16(9-5-14)27-19(20)21)28(25,26)17-10-6-15(7-11-17)23-12-2-3-18(23)24/h4-11,19H,2-3,12-13H2,1H3. The van der Waals surface area contributed by atoms with Crippen LogP contribution in [0, 0.1) is 0 Å². The number of nitrogens with zero attached hydrogens (tertiary/aromatic N) is 2. The van der Waals surface area contributed by atoms with Crippen LogP contribution in [0.25, 0.3) is 0 Å². The minimum absolute atomic E-state index is 0.0105. The Hall–Kier alpha value is -2.52. The van der Waals surface area contributed by atoms with Crippen LogP contribution in [0.15, 0.2) is 53.4 Å². The van der Waals surface area contributed by atoms with Crippen molar-refractivity contribution in [1.29, 1.82) is 0 Å². The van der Waals surface area contributed by atoms with Gasteiger partial charge in [0.2, 0.25) is 15.9 Å². The minimum Gasteiger partial charge on any atom is -0.435 e. The Labute approximate surface area is 162 Å². The van der Waals surface area contributed by atoms with Gasteiger partial charge >= 0.3 is 6.61 Å². The quantitative estimate of drug-likeness (QED) is 0.703. The molecular weight excluding hydrogens is 390 g/mol. The first-order valence-electron chi connectivity index (χ1n) is 8.68. The molecule has 0 aromatic heterocycles. The van der Waals surface area contributed by atoms with Crippen LogP contribution in [-0.4, -0.2) is 38.8 Å². The minimum atomic E-state index is -3.74. The molecule has 6 nitrogen and oxygen atoms in total. The highest BCUT2D eigenvalue weighted by Gasteiger charge is 2.24. The van der Waals surface area contributed by atoms with Crippen molar-refractivity contribution in [3.63, 3.8) is 0 Å². The summed E-state index contributed by atoms with van der Waals surface area (Å²) in [6.07, 6.45) is 1.30. The average Bonchev–Trinajstić information content (AvgIpc) is 3.09. The third kappa shape index (κ3) is 4.48. The molecule has 1 aliphatic rings. The Balaban J connectivity index is 1.70. The van der Waals surface area contributed by atoms with E-state index in [-0.39, 0.29) is 23.1 Å². The molecule has 2 aromatic carbocycles. The van der Waals surface area contributed by atoms with Crippen molar-refractivity contribution >= 4 is 21.6 Å². The lowest BCUT2D eigenvalue weighted by molar-refractivity contribution is -0.117. The molecule has 2 aromatic rings. The van der Waals surface area contributed by atoms with Crippen molar-refractivity contribution in [3.05, 3.63) is 54.1 Å². The van der Waals surface area contributed by atoms with Crippen molar-refractivity contribution in [3.8, 4) is 5.75 Å². The Morgan fingerprint density at radius 2 is 1.75 bits per heavy atom. The predicted octanol–water partition coefficient (Wildman–Crippen LogP) is 3.24. The molecule has 0 radical (unpaired) electrons.